The third kappa shape index (κ3) is 3.63. The zero-order valence-corrected chi connectivity index (χ0v) is 8.98. The van der Waals surface area contributed by atoms with E-state index in [1.807, 2.05) is 38.3 Å². The lowest BCUT2D eigenvalue weighted by Crippen LogP contribution is -2.01. The maximum Gasteiger partial charge on any atom is 0.149 e. The number of rotatable bonds is 1. The Morgan fingerprint density at radius 2 is 2.15 bits per heavy atom. The number of hydrogen-bond donors (Lipinski definition) is 1. The van der Waals surface area contributed by atoms with Crippen molar-refractivity contribution in [3.05, 3.63) is 22.4 Å². The van der Waals surface area contributed by atoms with Crippen molar-refractivity contribution in [2.45, 2.75) is 26.9 Å². The van der Waals surface area contributed by atoms with Crippen LogP contribution in [0, 0.1) is 17.3 Å². The van der Waals surface area contributed by atoms with Crippen LogP contribution in [0.25, 0.3) is 0 Å². The smallest absolute Gasteiger partial charge is 0.149 e. The molecule has 0 spiro atoms. The molecule has 0 aliphatic carbocycles. The third-order valence-electron chi connectivity index (χ3n) is 1.40. The summed E-state index contributed by atoms with van der Waals surface area (Å²) < 4.78 is 0. The first-order valence-electron chi connectivity index (χ1n) is 4.23. The van der Waals surface area contributed by atoms with E-state index in [2.05, 4.69) is 11.8 Å². The van der Waals surface area contributed by atoms with E-state index in [9.17, 15) is 5.11 Å². The molecule has 0 fully saturated rings. The molecule has 1 N–H and O–H groups in total. The fourth-order valence-electron chi connectivity index (χ4n) is 0.803. The molecule has 0 saturated carbocycles. The average Bonchev–Trinajstić information content (AvgIpc) is 2.50. The van der Waals surface area contributed by atoms with Crippen LogP contribution in [0.2, 0.25) is 0 Å². The summed E-state index contributed by atoms with van der Waals surface area (Å²) >= 11 is 1.53. The molecular formula is C11H14OS. The van der Waals surface area contributed by atoms with E-state index in [0.717, 1.165) is 4.88 Å². The van der Waals surface area contributed by atoms with Crippen LogP contribution in [-0.4, -0.2) is 5.11 Å². The second-order valence-electron chi connectivity index (χ2n) is 3.94. The van der Waals surface area contributed by atoms with Crippen molar-refractivity contribution in [3.8, 4) is 11.8 Å². The van der Waals surface area contributed by atoms with Gasteiger partial charge in [-0.25, -0.2) is 0 Å². The second-order valence-corrected chi connectivity index (χ2v) is 4.92. The summed E-state index contributed by atoms with van der Waals surface area (Å²) in [6.45, 7) is 6.09. The highest BCUT2D eigenvalue weighted by Gasteiger charge is 2.07. The van der Waals surface area contributed by atoms with Crippen molar-refractivity contribution in [2.24, 2.45) is 5.41 Å². The molecule has 0 saturated heterocycles. The van der Waals surface area contributed by atoms with E-state index < -0.39 is 6.10 Å². The maximum absolute atomic E-state index is 9.61. The van der Waals surface area contributed by atoms with Crippen LogP contribution in [0.1, 0.15) is 31.8 Å². The zero-order chi connectivity index (χ0) is 9.90. The lowest BCUT2D eigenvalue weighted by molar-refractivity contribution is 0.241. The lowest BCUT2D eigenvalue weighted by atomic mass is 9.97. The van der Waals surface area contributed by atoms with Crippen LogP contribution in [0.15, 0.2) is 17.5 Å². The van der Waals surface area contributed by atoms with Crippen molar-refractivity contribution >= 4 is 11.3 Å². The Labute approximate surface area is 83.4 Å². The molecule has 1 unspecified atom stereocenters. The summed E-state index contributed by atoms with van der Waals surface area (Å²) in [5.74, 6) is 5.86. The van der Waals surface area contributed by atoms with E-state index in [1.165, 1.54) is 11.3 Å². The van der Waals surface area contributed by atoms with Crippen LogP contribution in [-0.2, 0) is 0 Å². The summed E-state index contributed by atoms with van der Waals surface area (Å²) in [5, 5.41) is 11.6. The topological polar surface area (TPSA) is 20.2 Å². The summed E-state index contributed by atoms with van der Waals surface area (Å²) in [6, 6.07) is 3.81. The second kappa shape index (κ2) is 3.95. The lowest BCUT2D eigenvalue weighted by Gasteiger charge is -2.08. The minimum Gasteiger partial charge on any atom is -0.375 e. The molecule has 1 aromatic heterocycles. The minimum atomic E-state index is -0.626. The SMILES string of the molecule is CC(C)(C)C#CC(O)c1cccs1. The van der Waals surface area contributed by atoms with E-state index >= 15 is 0 Å². The predicted molar refractivity (Wildman–Crippen MR) is 56.5 cm³/mol. The molecule has 0 bridgehead atoms. The molecule has 70 valence electrons. The number of thiophene rings is 1. The Morgan fingerprint density at radius 3 is 2.62 bits per heavy atom. The van der Waals surface area contributed by atoms with Gasteiger partial charge in [0.05, 0.1) is 0 Å². The fraction of sp³-hybridized carbons (Fsp3) is 0.455. The molecule has 1 nitrogen and oxygen atoms in total. The molecule has 0 amide bonds. The summed E-state index contributed by atoms with van der Waals surface area (Å²) in [4.78, 5) is 0.914. The molecule has 1 rings (SSSR count). The molecule has 1 heterocycles. The highest BCUT2D eigenvalue weighted by atomic mass is 32.1. The molecule has 1 atom stereocenters. The summed E-state index contributed by atoms with van der Waals surface area (Å²) in [7, 11) is 0. The van der Waals surface area contributed by atoms with E-state index in [4.69, 9.17) is 0 Å². The maximum atomic E-state index is 9.61. The number of aliphatic hydroxyl groups excluding tert-OH is 1. The van der Waals surface area contributed by atoms with E-state index in [-0.39, 0.29) is 5.41 Å². The van der Waals surface area contributed by atoms with E-state index in [1.54, 1.807) is 0 Å². The van der Waals surface area contributed by atoms with Crippen molar-refractivity contribution in [1.29, 1.82) is 0 Å². The largest absolute Gasteiger partial charge is 0.375 e. The molecule has 0 aliphatic heterocycles. The van der Waals surface area contributed by atoms with Crippen LogP contribution in [0.4, 0.5) is 0 Å². The van der Waals surface area contributed by atoms with E-state index in [0.29, 0.717) is 0 Å². The number of aliphatic hydroxyl groups is 1. The van der Waals surface area contributed by atoms with Crippen LogP contribution < -0.4 is 0 Å². The van der Waals surface area contributed by atoms with Gasteiger partial charge in [-0.3, -0.25) is 0 Å². The van der Waals surface area contributed by atoms with Crippen molar-refractivity contribution in [3.63, 3.8) is 0 Å². The number of hydrogen-bond acceptors (Lipinski definition) is 2. The quantitative estimate of drug-likeness (QED) is 0.682. The van der Waals surface area contributed by atoms with Gasteiger partial charge in [0.2, 0.25) is 0 Å². The molecule has 1 aromatic rings. The Balaban J connectivity index is 2.69. The highest BCUT2D eigenvalue weighted by molar-refractivity contribution is 7.10. The Bertz CT molecular complexity index is 308. The van der Waals surface area contributed by atoms with Gasteiger partial charge in [-0.15, -0.1) is 11.3 Å². The van der Waals surface area contributed by atoms with Gasteiger partial charge < -0.3 is 5.11 Å². The first-order chi connectivity index (χ1) is 5.99. The molecule has 0 aliphatic rings. The van der Waals surface area contributed by atoms with Gasteiger partial charge in [0.15, 0.2) is 0 Å². The van der Waals surface area contributed by atoms with Crippen LogP contribution in [0.5, 0.6) is 0 Å². The van der Waals surface area contributed by atoms with Gasteiger partial charge in [-0.2, -0.15) is 0 Å². The average molecular weight is 194 g/mol. The molecule has 0 radical (unpaired) electrons. The minimum absolute atomic E-state index is 0.0434. The van der Waals surface area contributed by atoms with Gasteiger partial charge >= 0.3 is 0 Å². The summed E-state index contributed by atoms with van der Waals surface area (Å²) in [5.41, 5.74) is -0.0434. The van der Waals surface area contributed by atoms with Gasteiger partial charge in [-0.05, 0) is 32.2 Å². The van der Waals surface area contributed by atoms with Gasteiger partial charge in [-0.1, -0.05) is 17.9 Å². The van der Waals surface area contributed by atoms with Gasteiger partial charge in [0, 0.05) is 10.3 Å². The van der Waals surface area contributed by atoms with Crippen molar-refractivity contribution in [2.75, 3.05) is 0 Å². The Kier molecular flexibility index (Phi) is 3.13. The summed E-state index contributed by atoms with van der Waals surface area (Å²) in [6.07, 6.45) is -0.626. The van der Waals surface area contributed by atoms with Gasteiger partial charge in [0.25, 0.3) is 0 Å². The first-order valence-corrected chi connectivity index (χ1v) is 5.11. The molecule has 13 heavy (non-hydrogen) atoms. The monoisotopic (exact) mass is 194 g/mol. The molecular weight excluding hydrogens is 180 g/mol. The standard InChI is InChI=1S/C11H14OS/c1-11(2,3)7-6-9(12)10-5-4-8-13-10/h4-5,8-9,12H,1-3H3. The fourth-order valence-corrected chi connectivity index (χ4v) is 1.46. The predicted octanol–water partition coefficient (Wildman–Crippen LogP) is 2.83. The zero-order valence-electron chi connectivity index (χ0n) is 8.16. The van der Waals surface area contributed by atoms with Crippen LogP contribution >= 0.6 is 11.3 Å². The Hall–Kier alpha value is -0.780. The molecule has 0 aromatic carbocycles. The normalized spacial score (nSPS) is 13.2. The Morgan fingerprint density at radius 1 is 1.46 bits per heavy atom. The third-order valence-corrected chi connectivity index (χ3v) is 2.32. The molecule has 2 heteroatoms. The van der Waals surface area contributed by atoms with Crippen molar-refractivity contribution < 1.29 is 5.11 Å². The van der Waals surface area contributed by atoms with Crippen LogP contribution in [0.3, 0.4) is 0 Å². The highest BCUT2D eigenvalue weighted by Crippen LogP contribution is 2.19. The van der Waals surface area contributed by atoms with Crippen molar-refractivity contribution in [1.82, 2.24) is 0 Å². The first kappa shape index (κ1) is 10.3. The van der Waals surface area contributed by atoms with Gasteiger partial charge in [0.1, 0.15) is 6.10 Å².